The van der Waals surface area contributed by atoms with E-state index in [1.807, 2.05) is 18.2 Å². The molecule has 2 aromatic rings. The number of nitrogens with zero attached hydrogens (tertiary/aromatic N) is 3. The zero-order valence-corrected chi connectivity index (χ0v) is 13.4. The van der Waals surface area contributed by atoms with Gasteiger partial charge in [-0.05, 0) is 37.3 Å². The molecule has 0 saturated carbocycles. The first-order chi connectivity index (χ1) is 12.1. The summed E-state index contributed by atoms with van der Waals surface area (Å²) in [6.07, 6.45) is 1.32. The van der Waals surface area contributed by atoms with Crippen molar-refractivity contribution in [2.45, 2.75) is 6.92 Å². The van der Waals surface area contributed by atoms with E-state index in [9.17, 15) is 14.0 Å². The Morgan fingerprint density at radius 3 is 2.72 bits per heavy atom. The quantitative estimate of drug-likeness (QED) is 0.687. The van der Waals surface area contributed by atoms with E-state index in [-0.39, 0.29) is 11.5 Å². The molecule has 2 aromatic carbocycles. The number of para-hydroxylation sites is 1. The number of amides is 2. The molecule has 0 radical (unpaired) electrons. The van der Waals surface area contributed by atoms with Gasteiger partial charge in [-0.1, -0.05) is 24.3 Å². The molecule has 1 N–H and O–H groups in total. The summed E-state index contributed by atoms with van der Waals surface area (Å²) in [7, 11) is 0. The third-order valence-electron chi connectivity index (χ3n) is 3.66. The predicted octanol–water partition coefficient (Wildman–Crippen LogP) is 2.58. The molecule has 6 nitrogen and oxygen atoms in total. The number of hydrogen-bond donors (Lipinski definition) is 1. The highest BCUT2D eigenvalue weighted by molar-refractivity contribution is 6.23. The molecule has 1 atom stereocenters. The number of benzene rings is 2. The highest BCUT2D eigenvalue weighted by atomic mass is 19.1. The number of nitrogens with one attached hydrogen (secondary N) is 1. The standard InChI is InChI=1S/C18H15FN4O2/c1-12-16(18(25)23(22-12)15-8-3-2-4-9-15)11-20-21-17(24)13-6-5-7-14(19)10-13/h2-11,16H,1H3,(H,21,24)/b20-11-/t16-/m1/s1. The molecular weight excluding hydrogens is 323 g/mol. The van der Waals surface area contributed by atoms with Gasteiger partial charge in [0.25, 0.3) is 11.8 Å². The molecule has 25 heavy (non-hydrogen) atoms. The molecule has 1 aliphatic rings. The van der Waals surface area contributed by atoms with Crippen LogP contribution in [0.3, 0.4) is 0 Å². The van der Waals surface area contributed by atoms with Gasteiger partial charge in [-0.15, -0.1) is 0 Å². The van der Waals surface area contributed by atoms with Gasteiger partial charge < -0.3 is 0 Å². The lowest BCUT2D eigenvalue weighted by atomic mass is 10.1. The fraction of sp³-hybridized carbons (Fsp3) is 0.111. The van der Waals surface area contributed by atoms with Crippen LogP contribution in [0.4, 0.5) is 10.1 Å². The molecule has 0 aromatic heterocycles. The molecule has 1 aliphatic heterocycles. The molecule has 0 unspecified atom stereocenters. The second-order valence-electron chi connectivity index (χ2n) is 5.43. The highest BCUT2D eigenvalue weighted by Gasteiger charge is 2.33. The Hall–Kier alpha value is -3.35. The molecule has 0 aliphatic carbocycles. The number of hydrazone groups is 2. The van der Waals surface area contributed by atoms with Crippen molar-refractivity contribution in [1.29, 1.82) is 0 Å². The maximum atomic E-state index is 13.1. The number of rotatable bonds is 4. The topological polar surface area (TPSA) is 74.1 Å². The second kappa shape index (κ2) is 7.04. The summed E-state index contributed by atoms with van der Waals surface area (Å²) in [5, 5.41) is 9.35. The number of anilines is 1. The molecule has 3 rings (SSSR count). The van der Waals surface area contributed by atoms with Crippen molar-refractivity contribution in [3.8, 4) is 0 Å². The van der Waals surface area contributed by atoms with E-state index in [0.717, 1.165) is 6.07 Å². The largest absolute Gasteiger partial charge is 0.271 e. The van der Waals surface area contributed by atoms with Gasteiger partial charge in [-0.25, -0.2) is 9.82 Å². The Morgan fingerprint density at radius 2 is 2.00 bits per heavy atom. The van der Waals surface area contributed by atoms with Crippen LogP contribution in [-0.4, -0.2) is 23.7 Å². The lowest BCUT2D eigenvalue weighted by Crippen LogP contribution is -2.29. The van der Waals surface area contributed by atoms with E-state index >= 15 is 0 Å². The van der Waals surface area contributed by atoms with Gasteiger partial charge in [0, 0.05) is 11.8 Å². The van der Waals surface area contributed by atoms with Gasteiger partial charge in [-0.3, -0.25) is 9.59 Å². The van der Waals surface area contributed by atoms with Crippen LogP contribution in [0.25, 0.3) is 0 Å². The van der Waals surface area contributed by atoms with Crippen LogP contribution in [0.2, 0.25) is 0 Å². The van der Waals surface area contributed by atoms with E-state index in [1.165, 1.54) is 29.4 Å². The molecule has 2 amide bonds. The van der Waals surface area contributed by atoms with Gasteiger partial charge in [0.05, 0.1) is 11.4 Å². The van der Waals surface area contributed by atoms with Crippen LogP contribution in [0, 0.1) is 11.7 Å². The lowest BCUT2D eigenvalue weighted by molar-refractivity contribution is -0.118. The average molecular weight is 338 g/mol. The van der Waals surface area contributed by atoms with Crippen molar-refractivity contribution in [3.05, 3.63) is 66.0 Å². The number of carbonyl (C=O) groups excluding carboxylic acids is 2. The fourth-order valence-electron chi connectivity index (χ4n) is 2.37. The molecule has 0 fully saturated rings. The monoisotopic (exact) mass is 338 g/mol. The summed E-state index contributed by atoms with van der Waals surface area (Å²) >= 11 is 0. The van der Waals surface area contributed by atoms with Crippen molar-refractivity contribution in [1.82, 2.24) is 5.43 Å². The van der Waals surface area contributed by atoms with Gasteiger partial charge in [0.2, 0.25) is 0 Å². The number of carbonyl (C=O) groups is 2. The summed E-state index contributed by atoms with van der Waals surface area (Å²) in [5.41, 5.74) is 3.66. The molecule has 0 spiro atoms. The first kappa shape index (κ1) is 16.5. The molecule has 7 heteroatoms. The highest BCUT2D eigenvalue weighted by Crippen LogP contribution is 2.22. The predicted molar refractivity (Wildman–Crippen MR) is 92.9 cm³/mol. The van der Waals surface area contributed by atoms with Crippen LogP contribution in [0.1, 0.15) is 17.3 Å². The first-order valence-electron chi connectivity index (χ1n) is 7.59. The van der Waals surface area contributed by atoms with Gasteiger partial charge >= 0.3 is 0 Å². The summed E-state index contributed by atoms with van der Waals surface area (Å²) in [4.78, 5) is 24.4. The van der Waals surface area contributed by atoms with Crippen LogP contribution in [-0.2, 0) is 4.79 Å². The van der Waals surface area contributed by atoms with Gasteiger partial charge in [0.15, 0.2) is 0 Å². The van der Waals surface area contributed by atoms with E-state index in [0.29, 0.717) is 11.4 Å². The van der Waals surface area contributed by atoms with Crippen molar-refractivity contribution in [2.24, 2.45) is 16.1 Å². The zero-order chi connectivity index (χ0) is 17.8. The van der Waals surface area contributed by atoms with E-state index in [4.69, 9.17) is 0 Å². The van der Waals surface area contributed by atoms with Crippen molar-refractivity contribution in [3.63, 3.8) is 0 Å². The molecule has 0 saturated heterocycles. The minimum absolute atomic E-state index is 0.145. The maximum Gasteiger partial charge on any atom is 0.271 e. The average Bonchev–Trinajstić information content (AvgIpc) is 2.90. The molecule has 1 heterocycles. The Kier molecular flexibility index (Phi) is 4.65. The SMILES string of the molecule is CC1=NN(c2ccccc2)C(=O)[C@@H]1/C=N\NC(=O)c1cccc(F)c1. The Morgan fingerprint density at radius 1 is 1.24 bits per heavy atom. The Bertz CT molecular complexity index is 864. The first-order valence-corrected chi connectivity index (χ1v) is 7.59. The Balaban J connectivity index is 1.67. The number of halogens is 1. The zero-order valence-electron chi connectivity index (χ0n) is 13.4. The van der Waals surface area contributed by atoms with Crippen LogP contribution < -0.4 is 10.4 Å². The van der Waals surface area contributed by atoms with Crippen molar-refractivity contribution in [2.75, 3.05) is 5.01 Å². The molecule has 126 valence electrons. The minimum Gasteiger partial charge on any atom is -0.271 e. The normalized spacial score (nSPS) is 17.0. The van der Waals surface area contributed by atoms with Crippen LogP contribution >= 0.6 is 0 Å². The van der Waals surface area contributed by atoms with Crippen LogP contribution in [0.5, 0.6) is 0 Å². The Labute approximate surface area is 143 Å². The van der Waals surface area contributed by atoms with Gasteiger partial charge in [-0.2, -0.15) is 15.2 Å². The fourth-order valence-corrected chi connectivity index (χ4v) is 2.37. The molecule has 0 bridgehead atoms. The van der Waals surface area contributed by atoms with E-state index in [2.05, 4.69) is 15.6 Å². The summed E-state index contributed by atoms with van der Waals surface area (Å²) in [6.45, 7) is 1.71. The summed E-state index contributed by atoms with van der Waals surface area (Å²) < 4.78 is 13.1. The second-order valence-corrected chi connectivity index (χ2v) is 5.43. The lowest BCUT2D eigenvalue weighted by Gasteiger charge is -2.12. The third-order valence-corrected chi connectivity index (χ3v) is 3.66. The molecular formula is C18H15FN4O2. The summed E-state index contributed by atoms with van der Waals surface area (Å²) in [5.74, 6) is -1.99. The summed E-state index contributed by atoms with van der Waals surface area (Å²) in [6, 6.07) is 14.3. The number of hydrogen-bond acceptors (Lipinski definition) is 4. The van der Waals surface area contributed by atoms with Crippen molar-refractivity contribution < 1.29 is 14.0 Å². The minimum atomic E-state index is -0.659. The van der Waals surface area contributed by atoms with Crippen LogP contribution in [0.15, 0.2) is 64.8 Å². The smallest absolute Gasteiger partial charge is 0.271 e. The van der Waals surface area contributed by atoms with E-state index in [1.54, 1.807) is 19.1 Å². The van der Waals surface area contributed by atoms with Crippen molar-refractivity contribution >= 4 is 29.4 Å². The van der Waals surface area contributed by atoms with E-state index < -0.39 is 17.6 Å². The maximum absolute atomic E-state index is 13.1. The third kappa shape index (κ3) is 3.60. The van der Waals surface area contributed by atoms with Gasteiger partial charge in [0.1, 0.15) is 11.7 Å².